The molecule has 10 nitrogen and oxygen atoms in total. The van der Waals surface area contributed by atoms with Crippen LogP contribution in [0.25, 0.3) is 0 Å². The fourth-order valence-electron chi connectivity index (χ4n) is 2.50. The van der Waals surface area contributed by atoms with Crippen molar-refractivity contribution >= 4 is 52.9 Å². The van der Waals surface area contributed by atoms with E-state index in [0.717, 1.165) is 5.69 Å². The molecule has 3 aromatic rings. The van der Waals surface area contributed by atoms with Gasteiger partial charge in [-0.05, 0) is 12.1 Å². The molecule has 0 aliphatic carbocycles. The number of nitrogens with zero attached hydrogens (tertiary/aromatic N) is 3. The third-order valence-electron chi connectivity index (χ3n) is 3.89. The van der Waals surface area contributed by atoms with Crippen LogP contribution in [0.3, 0.4) is 0 Å². The highest BCUT2D eigenvalue weighted by Gasteiger charge is 2.14. The molecule has 0 spiro atoms. The molecule has 32 heavy (non-hydrogen) atoms. The van der Waals surface area contributed by atoms with Gasteiger partial charge >= 0.3 is 0 Å². The van der Waals surface area contributed by atoms with Gasteiger partial charge in [0.25, 0.3) is 0 Å². The maximum Gasteiger partial charge on any atom is 0.233 e. The normalized spacial score (nSPS) is 9.69. The minimum absolute atomic E-state index is 0.139. The number of aromatic nitrogens is 3. The zero-order valence-corrected chi connectivity index (χ0v) is 19.3. The second kappa shape index (κ2) is 12.4. The molecular formula is C20H22Cl2N6O4. The van der Waals surface area contributed by atoms with Crippen molar-refractivity contribution in [2.24, 2.45) is 0 Å². The van der Waals surface area contributed by atoms with Crippen LogP contribution >= 0.6 is 23.2 Å². The predicted molar refractivity (Wildman–Crippen MR) is 125 cm³/mol. The molecule has 0 bridgehead atoms. The van der Waals surface area contributed by atoms with E-state index >= 15 is 0 Å². The summed E-state index contributed by atoms with van der Waals surface area (Å²) in [7, 11) is 6.36. The van der Waals surface area contributed by atoms with Crippen molar-refractivity contribution in [1.29, 1.82) is 0 Å². The maximum absolute atomic E-state index is 10.4. The number of hydrogen-bond acceptors (Lipinski definition) is 9. The van der Waals surface area contributed by atoms with E-state index in [4.69, 9.17) is 37.4 Å². The molecule has 0 fully saturated rings. The number of carbonyl (C=O) groups is 1. The summed E-state index contributed by atoms with van der Waals surface area (Å²) >= 11 is 11.6. The molecule has 1 aromatic heterocycles. The molecular weight excluding hydrogens is 459 g/mol. The van der Waals surface area contributed by atoms with Crippen molar-refractivity contribution in [2.75, 3.05) is 44.3 Å². The summed E-state index contributed by atoms with van der Waals surface area (Å²) in [5.41, 5.74) is 1.41. The molecule has 3 N–H and O–H groups in total. The molecule has 1 amide bonds. The monoisotopic (exact) mass is 480 g/mol. The first-order valence-electron chi connectivity index (χ1n) is 9.05. The Morgan fingerprint density at radius 3 is 2.00 bits per heavy atom. The van der Waals surface area contributed by atoms with E-state index in [1.54, 1.807) is 31.3 Å². The van der Waals surface area contributed by atoms with Crippen LogP contribution in [-0.2, 0) is 4.79 Å². The molecule has 0 aliphatic heterocycles. The lowest BCUT2D eigenvalue weighted by molar-refractivity contribution is -0.105. The lowest BCUT2D eigenvalue weighted by Crippen LogP contribution is -2.05. The third-order valence-corrected chi connectivity index (χ3v) is 4.52. The largest absolute Gasteiger partial charge is 0.493 e. The molecule has 0 aliphatic rings. The van der Waals surface area contributed by atoms with Crippen LogP contribution in [0.4, 0.5) is 23.3 Å². The second-order valence-electron chi connectivity index (χ2n) is 5.78. The zero-order valence-electron chi connectivity index (χ0n) is 17.8. The minimum atomic E-state index is 0.139. The number of ether oxygens (including phenoxy) is 3. The third kappa shape index (κ3) is 6.50. The molecule has 0 atom stereocenters. The number of methoxy groups -OCH3 is 3. The summed E-state index contributed by atoms with van der Waals surface area (Å²) < 4.78 is 15.8. The molecule has 0 radical (unpaired) electrons. The topological polar surface area (TPSA) is 120 Å². The number of halogens is 2. The number of carbonyl (C=O) groups excluding carboxylic acids is 1. The number of hydrogen-bond donors (Lipinski definition) is 3. The lowest BCUT2D eigenvalue weighted by Gasteiger charge is -2.14. The summed E-state index contributed by atoms with van der Waals surface area (Å²) in [5, 5.41) is 9.51. The molecule has 12 heteroatoms. The van der Waals surface area contributed by atoms with Gasteiger partial charge < -0.3 is 24.8 Å². The summed E-state index contributed by atoms with van der Waals surface area (Å²) in [5.74, 6) is 1.86. The number of nitrogens with one attached hydrogen (secondary N) is 3. The molecule has 3 rings (SSSR count). The highest BCUT2D eigenvalue weighted by Crippen LogP contribution is 2.40. The quantitative estimate of drug-likeness (QED) is 0.406. The SMILES string of the molecule is CNc1c(Cl)cccc1Cl.COc1cc(Nc2ncnc(NC=O)n2)cc(OC)c1OC. The molecule has 0 unspecified atom stereocenters. The predicted octanol–water partition coefficient (Wildman–Crippen LogP) is 4.24. The Kier molecular flexibility index (Phi) is 9.58. The average molecular weight is 481 g/mol. The first-order chi connectivity index (χ1) is 15.5. The van der Waals surface area contributed by atoms with Gasteiger partial charge in [0.15, 0.2) is 11.5 Å². The number of rotatable bonds is 8. The van der Waals surface area contributed by atoms with Crippen LogP contribution in [-0.4, -0.2) is 49.7 Å². The first-order valence-corrected chi connectivity index (χ1v) is 9.80. The van der Waals surface area contributed by atoms with Gasteiger partial charge in [-0.3, -0.25) is 10.1 Å². The van der Waals surface area contributed by atoms with Gasteiger partial charge in [-0.1, -0.05) is 29.3 Å². The number of amides is 1. The maximum atomic E-state index is 10.4. The van der Waals surface area contributed by atoms with Crippen LogP contribution in [0.15, 0.2) is 36.7 Å². The van der Waals surface area contributed by atoms with Crippen molar-refractivity contribution in [2.45, 2.75) is 0 Å². The molecule has 170 valence electrons. The molecule has 0 saturated heterocycles. The Morgan fingerprint density at radius 1 is 0.938 bits per heavy atom. The van der Waals surface area contributed by atoms with E-state index < -0.39 is 0 Å². The fraction of sp³-hybridized carbons (Fsp3) is 0.200. The number of para-hydroxylation sites is 1. The van der Waals surface area contributed by atoms with Gasteiger partial charge in [-0.2, -0.15) is 4.98 Å². The van der Waals surface area contributed by atoms with Gasteiger partial charge in [-0.25, -0.2) is 9.97 Å². The van der Waals surface area contributed by atoms with Crippen molar-refractivity contribution in [3.63, 3.8) is 0 Å². The van der Waals surface area contributed by atoms with E-state index in [1.807, 2.05) is 6.07 Å². The van der Waals surface area contributed by atoms with E-state index in [9.17, 15) is 4.79 Å². The summed E-state index contributed by atoms with van der Waals surface area (Å²) in [6.45, 7) is 0. The second-order valence-corrected chi connectivity index (χ2v) is 6.59. The smallest absolute Gasteiger partial charge is 0.233 e. The van der Waals surface area contributed by atoms with Crippen LogP contribution in [0.1, 0.15) is 0 Å². The van der Waals surface area contributed by atoms with Crippen LogP contribution in [0, 0.1) is 0 Å². The number of anilines is 4. The Morgan fingerprint density at radius 2 is 1.53 bits per heavy atom. The Labute approximate surface area is 195 Å². The van der Waals surface area contributed by atoms with Crippen molar-refractivity contribution in [3.8, 4) is 17.2 Å². The Balaban J connectivity index is 0.000000303. The average Bonchev–Trinajstić information content (AvgIpc) is 2.79. The zero-order chi connectivity index (χ0) is 23.5. The van der Waals surface area contributed by atoms with Crippen molar-refractivity contribution < 1.29 is 19.0 Å². The highest BCUT2D eigenvalue weighted by molar-refractivity contribution is 6.39. The molecule has 2 aromatic carbocycles. The van der Waals surface area contributed by atoms with Gasteiger partial charge in [0.05, 0.1) is 37.1 Å². The molecule has 0 saturated carbocycles. The lowest BCUT2D eigenvalue weighted by atomic mass is 10.2. The van der Waals surface area contributed by atoms with Crippen molar-refractivity contribution in [1.82, 2.24) is 15.0 Å². The highest BCUT2D eigenvalue weighted by atomic mass is 35.5. The summed E-state index contributed by atoms with van der Waals surface area (Å²) in [6, 6.07) is 8.81. The van der Waals surface area contributed by atoms with E-state index in [0.29, 0.717) is 39.4 Å². The summed E-state index contributed by atoms with van der Waals surface area (Å²) in [4.78, 5) is 22.2. The van der Waals surface area contributed by atoms with E-state index in [2.05, 4.69) is 30.9 Å². The van der Waals surface area contributed by atoms with Gasteiger partial charge in [0, 0.05) is 24.9 Å². The standard InChI is InChI=1S/C13H15N5O4.C7H7Cl2N/c1-20-9-4-8(5-10(21-2)11(9)22-3)17-13-15-6-14-12(18-13)16-7-19;1-10-7-5(8)3-2-4-6(7)9/h4-7H,1-3H3,(H2,14,15,16,17,18,19);2-4,10H,1H3. The van der Waals surface area contributed by atoms with E-state index in [-0.39, 0.29) is 11.9 Å². The van der Waals surface area contributed by atoms with Crippen LogP contribution < -0.4 is 30.2 Å². The first kappa shape index (κ1) is 24.8. The van der Waals surface area contributed by atoms with E-state index in [1.165, 1.54) is 27.7 Å². The Bertz CT molecular complexity index is 1010. The van der Waals surface area contributed by atoms with Gasteiger partial charge in [0.2, 0.25) is 24.1 Å². The summed E-state index contributed by atoms with van der Waals surface area (Å²) in [6.07, 6.45) is 1.76. The molecule has 1 heterocycles. The fourth-order valence-corrected chi connectivity index (χ4v) is 3.08. The van der Waals surface area contributed by atoms with Gasteiger partial charge in [0.1, 0.15) is 6.33 Å². The number of benzene rings is 2. The Hall–Kier alpha value is -3.50. The van der Waals surface area contributed by atoms with Crippen LogP contribution in [0.2, 0.25) is 10.0 Å². The van der Waals surface area contributed by atoms with Gasteiger partial charge in [-0.15, -0.1) is 0 Å². The van der Waals surface area contributed by atoms with Crippen LogP contribution in [0.5, 0.6) is 17.2 Å². The van der Waals surface area contributed by atoms with Crippen molar-refractivity contribution in [3.05, 3.63) is 46.7 Å². The minimum Gasteiger partial charge on any atom is -0.493 e.